The topological polar surface area (TPSA) is 63.3 Å². The number of aryl methyl sites for hydroxylation is 1. The van der Waals surface area contributed by atoms with Crippen molar-refractivity contribution in [1.82, 2.24) is 10.3 Å². The number of halogens is 1. The molecule has 1 aromatic heterocycles. The molecule has 27 heavy (non-hydrogen) atoms. The Morgan fingerprint density at radius 3 is 2.67 bits per heavy atom. The van der Waals surface area contributed by atoms with Crippen LogP contribution in [0.1, 0.15) is 17.5 Å². The van der Waals surface area contributed by atoms with E-state index in [9.17, 15) is 9.18 Å². The third kappa shape index (κ3) is 4.58. The number of aromatic amines is 1. The Kier molecular flexibility index (Phi) is 5.96. The van der Waals surface area contributed by atoms with E-state index in [-0.39, 0.29) is 11.7 Å². The molecule has 2 aromatic carbocycles. The number of fused-ring (bicyclic) bond motifs is 1. The zero-order valence-corrected chi connectivity index (χ0v) is 15.5. The number of nitrogens with one attached hydrogen (secondary N) is 2. The van der Waals surface area contributed by atoms with Gasteiger partial charge in [-0.2, -0.15) is 0 Å². The zero-order valence-electron chi connectivity index (χ0n) is 15.5. The normalized spacial score (nSPS) is 10.8. The minimum absolute atomic E-state index is 0.0178. The lowest BCUT2D eigenvalue weighted by Gasteiger charge is -2.10. The van der Waals surface area contributed by atoms with E-state index in [4.69, 9.17) is 9.47 Å². The van der Waals surface area contributed by atoms with Gasteiger partial charge in [0.05, 0.1) is 14.2 Å². The number of hydrogen-bond acceptors (Lipinski definition) is 3. The summed E-state index contributed by atoms with van der Waals surface area (Å²) in [5.74, 6) is 1.04. The van der Waals surface area contributed by atoms with Gasteiger partial charge >= 0.3 is 0 Å². The van der Waals surface area contributed by atoms with E-state index < -0.39 is 0 Å². The summed E-state index contributed by atoms with van der Waals surface area (Å²) in [5, 5.41) is 3.78. The Bertz CT molecular complexity index is 936. The largest absolute Gasteiger partial charge is 0.493 e. The lowest BCUT2D eigenvalue weighted by molar-refractivity contribution is -0.121. The van der Waals surface area contributed by atoms with E-state index in [0.29, 0.717) is 37.3 Å². The van der Waals surface area contributed by atoms with E-state index >= 15 is 0 Å². The Balaban J connectivity index is 1.49. The van der Waals surface area contributed by atoms with Crippen molar-refractivity contribution in [3.63, 3.8) is 0 Å². The highest BCUT2D eigenvalue weighted by Gasteiger charge is 2.08. The molecule has 1 amide bonds. The van der Waals surface area contributed by atoms with E-state index in [2.05, 4.69) is 10.3 Å². The molecule has 3 rings (SSSR count). The summed E-state index contributed by atoms with van der Waals surface area (Å²) in [5.41, 5.74) is 2.89. The molecule has 0 spiro atoms. The first-order valence-corrected chi connectivity index (χ1v) is 8.84. The minimum Gasteiger partial charge on any atom is -0.493 e. The molecule has 0 unspecified atom stereocenters. The van der Waals surface area contributed by atoms with Crippen LogP contribution in [0.3, 0.4) is 0 Å². The molecule has 142 valence electrons. The number of rotatable bonds is 8. The van der Waals surface area contributed by atoms with Crippen molar-refractivity contribution in [2.75, 3.05) is 20.8 Å². The quantitative estimate of drug-likeness (QED) is 0.637. The predicted molar refractivity (Wildman–Crippen MR) is 103 cm³/mol. The Hall–Kier alpha value is -3.02. The van der Waals surface area contributed by atoms with Gasteiger partial charge in [0, 0.05) is 30.1 Å². The fraction of sp³-hybridized carbons (Fsp3) is 0.286. The highest BCUT2D eigenvalue weighted by molar-refractivity contribution is 5.83. The maximum atomic E-state index is 13.4. The van der Waals surface area contributed by atoms with Gasteiger partial charge in [-0.15, -0.1) is 0 Å². The molecule has 2 N–H and O–H groups in total. The van der Waals surface area contributed by atoms with Crippen molar-refractivity contribution in [2.24, 2.45) is 0 Å². The van der Waals surface area contributed by atoms with Crippen LogP contribution >= 0.6 is 0 Å². The summed E-state index contributed by atoms with van der Waals surface area (Å²) in [7, 11) is 3.18. The van der Waals surface area contributed by atoms with E-state index in [0.717, 1.165) is 22.0 Å². The number of hydrogen-bond donors (Lipinski definition) is 2. The van der Waals surface area contributed by atoms with Crippen LogP contribution in [-0.4, -0.2) is 31.7 Å². The molecule has 5 nitrogen and oxygen atoms in total. The second-order valence-corrected chi connectivity index (χ2v) is 6.29. The fourth-order valence-corrected chi connectivity index (χ4v) is 3.08. The van der Waals surface area contributed by atoms with Gasteiger partial charge < -0.3 is 19.8 Å². The lowest BCUT2D eigenvalue weighted by atomic mass is 10.1. The van der Waals surface area contributed by atoms with Crippen LogP contribution < -0.4 is 14.8 Å². The predicted octanol–water partition coefficient (Wildman–Crippen LogP) is 3.62. The first-order chi connectivity index (χ1) is 13.1. The van der Waals surface area contributed by atoms with Crippen LogP contribution in [0.5, 0.6) is 11.5 Å². The average molecular weight is 370 g/mol. The standard InChI is InChI=1S/C21H23FN2O3/c1-26-19-7-3-14(11-20(19)27-2)4-8-21(25)23-10-9-15-13-24-18-6-5-16(22)12-17(15)18/h3,5-7,11-13,24H,4,8-10H2,1-2H3,(H,23,25). The van der Waals surface area contributed by atoms with Crippen molar-refractivity contribution >= 4 is 16.8 Å². The van der Waals surface area contributed by atoms with Crippen LogP contribution in [0, 0.1) is 5.82 Å². The highest BCUT2D eigenvalue weighted by atomic mass is 19.1. The van der Waals surface area contributed by atoms with Crippen molar-refractivity contribution in [2.45, 2.75) is 19.3 Å². The smallest absolute Gasteiger partial charge is 0.220 e. The van der Waals surface area contributed by atoms with Crippen molar-refractivity contribution < 1.29 is 18.7 Å². The lowest BCUT2D eigenvalue weighted by Crippen LogP contribution is -2.25. The fourth-order valence-electron chi connectivity index (χ4n) is 3.08. The Morgan fingerprint density at radius 2 is 1.89 bits per heavy atom. The number of carbonyl (C=O) groups excluding carboxylic acids is 1. The molecule has 6 heteroatoms. The van der Waals surface area contributed by atoms with Gasteiger partial charge in [0.2, 0.25) is 5.91 Å². The molecule has 3 aromatic rings. The van der Waals surface area contributed by atoms with Crippen molar-refractivity contribution in [3.8, 4) is 11.5 Å². The molecular formula is C21H23FN2O3. The van der Waals surface area contributed by atoms with Crippen LogP contribution in [0.2, 0.25) is 0 Å². The minimum atomic E-state index is -0.262. The summed E-state index contributed by atoms with van der Waals surface area (Å²) in [6.45, 7) is 0.508. The van der Waals surface area contributed by atoms with Gasteiger partial charge in [-0.3, -0.25) is 4.79 Å². The van der Waals surface area contributed by atoms with Gasteiger partial charge in [-0.05, 0) is 54.3 Å². The maximum Gasteiger partial charge on any atom is 0.220 e. The molecular weight excluding hydrogens is 347 g/mol. The van der Waals surface area contributed by atoms with Crippen molar-refractivity contribution in [3.05, 3.63) is 59.5 Å². The average Bonchev–Trinajstić information content (AvgIpc) is 3.08. The third-order valence-electron chi connectivity index (χ3n) is 4.53. The molecule has 0 bridgehead atoms. The van der Waals surface area contributed by atoms with Gasteiger partial charge in [0.25, 0.3) is 0 Å². The molecule has 0 saturated carbocycles. The zero-order chi connectivity index (χ0) is 19.2. The number of H-pyrrole nitrogens is 1. The van der Waals surface area contributed by atoms with E-state index in [1.807, 2.05) is 24.4 Å². The van der Waals surface area contributed by atoms with Crippen LogP contribution in [0.25, 0.3) is 10.9 Å². The molecule has 0 aliphatic heterocycles. The highest BCUT2D eigenvalue weighted by Crippen LogP contribution is 2.28. The maximum absolute atomic E-state index is 13.4. The number of benzene rings is 2. The number of amides is 1. The molecule has 0 atom stereocenters. The summed E-state index contributed by atoms with van der Waals surface area (Å²) in [4.78, 5) is 15.2. The third-order valence-corrected chi connectivity index (χ3v) is 4.53. The Morgan fingerprint density at radius 1 is 1.07 bits per heavy atom. The molecule has 0 saturated heterocycles. The molecule has 1 heterocycles. The summed E-state index contributed by atoms with van der Waals surface area (Å²) in [6.07, 6.45) is 3.51. The first kappa shape index (κ1) is 18.8. The van der Waals surface area contributed by atoms with Gasteiger partial charge in [-0.25, -0.2) is 4.39 Å². The van der Waals surface area contributed by atoms with Crippen LogP contribution in [0.4, 0.5) is 4.39 Å². The van der Waals surface area contributed by atoms with Crippen LogP contribution in [0.15, 0.2) is 42.6 Å². The second-order valence-electron chi connectivity index (χ2n) is 6.29. The molecule has 0 fully saturated rings. The monoisotopic (exact) mass is 370 g/mol. The number of aromatic nitrogens is 1. The first-order valence-electron chi connectivity index (χ1n) is 8.84. The molecule has 0 aliphatic rings. The molecule has 0 radical (unpaired) electrons. The van der Waals surface area contributed by atoms with E-state index in [1.165, 1.54) is 12.1 Å². The summed E-state index contributed by atoms with van der Waals surface area (Å²) < 4.78 is 23.9. The SMILES string of the molecule is COc1ccc(CCC(=O)NCCc2c[nH]c3ccc(F)cc23)cc1OC. The van der Waals surface area contributed by atoms with Gasteiger partial charge in [-0.1, -0.05) is 6.07 Å². The van der Waals surface area contributed by atoms with Crippen molar-refractivity contribution in [1.29, 1.82) is 0 Å². The summed E-state index contributed by atoms with van der Waals surface area (Å²) >= 11 is 0. The number of carbonyl (C=O) groups is 1. The number of ether oxygens (including phenoxy) is 2. The van der Waals surface area contributed by atoms with Crippen LogP contribution in [-0.2, 0) is 17.6 Å². The van der Waals surface area contributed by atoms with Gasteiger partial charge in [0.15, 0.2) is 11.5 Å². The van der Waals surface area contributed by atoms with Gasteiger partial charge in [0.1, 0.15) is 5.82 Å². The Labute approximate surface area is 157 Å². The molecule has 0 aliphatic carbocycles. The number of methoxy groups -OCH3 is 2. The summed E-state index contributed by atoms with van der Waals surface area (Å²) in [6, 6.07) is 10.3. The second kappa shape index (κ2) is 8.58. The van der Waals surface area contributed by atoms with E-state index in [1.54, 1.807) is 20.3 Å².